The maximum atomic E-state index is 11.2. The lowest BCUT2D eigenvalue weighted by Crippen LogP contribution is -2.20. The number of aromatic carboxylic acids is 1. The van der Waals surface area contributed by atoms with Crippen LogP contribution in [0.25, 0.3) is 0 Å². The molecule has 15 heavy (non-hydrogen) atoms. The molecule has 0 aliphatic carbocycles. The zero-order chi connectivity index (χ0) is 11.3. The van der Waals surface area contributed by atoms with Gasteiger partial charge in [-0.2, -0.15) is 0 Å². The van der Waals surface area contributed by atoms with Gasteiger partial charge in [0.2, 0.25) is 0 Å². The molecule has 0 radical (unpaired) electrons. The van der Waals surface area contributed by atoms with E-state index in [-0.39, 0.29) is 5.56 Å². The summed E-state index contributed by atoms with van der Waals surface area (Å²) in [7, 11) is 0. The van der Waals surface area contributed by atoms with E-state index in [1.807, 2.05) is 6.92 Å². The Kier molecular flexibility index (Phi) is 3.99. The van der Waals surface area contributed by atoms with Crippen LogP contribution < -0.4 is 5.56 Å². The van der Waals surface area contributed by atoms with Crippen molar-refractivity contribution in [1.82, 2.24) is 9.97 Å². The predicted octanol–water partition coefficient (Wildman–Crippen LogP) is 0.0471. The van der Waals surface area contributed by atoms with Crippen LogP contribution in [0.3, 0.4) is 0 Å². The van der Waals surface area contributed by atoms with Crippen molar-refractivity contribution in [3.8, 4) is 0 Å². The molecule has 0 aromatic carbocycles. The Bertz CT molecular complexity index is 399. The fourth-order valence-electron chi connectivity index (χ4n) is 1.02. The smallest absolute Gasteiger partial charge is 0.342 e. The summed E-state index contributed by atoms with van der Waals surface area (Å²) in [5.74, 6) is -0.849. The third kappa shape index (κ3) is 3.17. The highest BCUT2D eigenvalue weighted by molar-refractivity contribution is 5.86. The number of carboxylic acids is 1. The van der Waals surface area contributed by atoms with E-state index in [1.165, 1.54) is 0 Å². The van der Waals surface area contributed by atoms with E-state index in [4.69, 9.17) is 9.84 Å². The fraction of sp³-hybridized carbons (Fsp3) is 0.444. The molecule has 2 N–H and O–H groups in total. The second-order valence-corrected chi connectivity index (χ2v) is 2.82. The van der Waals surface area contributed by atoms with Crippen LogP contribution in [-0.4, -0.2) is 34.3 Å². The second-order valence-electron chi connectivity index (χ2n) is 2.82. The summed E-state index contributed by atoms with van der Waals surface area (Å²) in [4.78, 5) is 27.9. The Morgan fingerprint density at radius 2 is 2.40 bits per heavy atom. The van der Waals surface area contributed by atoms with Crippen LogP contribution in [0.4, 0.5) is 0 Å². The van der Waals surface area contributed by atoms with E-state index in [0.29, 0.717) is 25.5 Å². The summed E-state index contributed by atoms with van der Waals surface area (Å²) >= 11 is 0. The van der Waals surface area contributed by atoms with Crippen LogP contribution in [0.5, 0.6) is 0 Å². The Labute approximate surface area is 85.9 Å². The van der Waals surface area contributed by atoms with Crippen molar-refractivity contribution >= 4 is 5.97 Å². The van der Waals surface area contributed by atoms with Gasteiger partial charge in [-0.3, -0.25) is 4.79 Å². The normalized spacial score (nSPS) is 10.2. The average molecular weight is 212 g/mol. The molecular formula is C9H12N2O4. The van der Waals surface area contributed by atoms with E-state index >= 15 is 0 Å². The first-order valence-corrected chi connectivity index (χ1v) is 4.54. The number of carbonyl (C=O) groups is 1. The van der Waals surface area contributed by atoms with Crippen molar-refractivity contribution in [3.05, 3.63) is 27.9 Å². The van der Waals surface area contributed by atoms with E-state index in [1.54, 1.807) is 0 Å². The van der Waals surface area contributed by atoms with Crippen molar-refractivity contribution < 1.29 is 14.6 Å². The average Bonchev–Trinajstić information content (AvgIpc) is 2.17. The zero-order valence-corrected chi connectivity index (χ0v) is 8.32. The van der Waals surface area contributed by atoms with Gasteiger partial charge in [0.15, 0.2) is 0 Å². The van der Waals surface area contributed by atoms with Gasteiger partial charge in [0.1, 0.15) is 11.4 Å². The maximum absolute atomic E-state index is 11.2. The number of ether oxygens (including phenoxy) is 1. The molecule has 0 fully saturated rings. The van der Waals surface area contributed by atoms with E-state index in [2.05, 4.69) is 9.97 Å². The molecule has 0 unspecified atom stereocenters. The number of hydrogen-bond acceptors (Lipinski definition) is 4. The number of aromatic nitrogens is 2. The number of H-pyrrole nitrogens is 1. The van der Waals surface area contributed by atoms with Crippen LogP contribution in [0, 0.1) is 0 Å². The zero-order valence-electron chi connectivity index (χ0n) is 8.32. The molecule has 0 bridgehead atoms. The minimum atomic E-state index is -1.28. The van der Waals surface area contributed by atoms with Gasteiger partial charge in [-0.1, -0.05) is 0 Å². The second kappa shape index (κ2) is 5.26. The van der Waals surface area contributed by atoms with Crippen molar-refractivity contribution in [2.45, 2.75) is 13.3 Å². The van der Waals surface area contributed by atoms with Gasteiger partial charge in [0, 0.05) is 19.2 Å². The van der Waals surface area contributed by atoms with Crippen LogP contribution in [0.15, 0.2) is 11.0 Å². The van der Waals surface area contributed by atoms with Crippen molar-refractivity contribution in [3.63, 3.8) is 0 Å². The number of rotatable bonds is 5. The molecule has 1 aromatic rings. The highest BCUT2D eigenvalue weighted by Gasteiger charge is 2.09. The van der Waals surface area contributed by atoms with Crippen LogP contribution in [0.2, 0.25) is 0 Å². The van der Waals surface area contributed by atoms with E-state index in [0.717, 1.165) is 6.20 Å². The molecule has 0 aliphatic rings. The van der Waals surface area contributed by atoms with Gasteiger partial charge in [-0.05, 0) is 6.92 Å². The van der Waals surface area contributed by atoms with Gasteiger partial charge in [-0.25, -0.2) is 9.78 Å². The lowest BCUT2D eigenvalue weighted by atomic mass is 10.3. The Morgan fingerprint density at radius 3 is 2.93 bits per heavy atom. The molecule has 0 amide bonds. The fourth-order valence-corrected chi connectivity index (χ4v) is 1.02. The predicted molar refractivity (Wildman–Crippen MR) is 52.0 cm³/mol. The minimum absolute atomic E-state index is 0.352. The summed E-state index contributed by atoms with van der Waals surface area (Å²) in [5.41, 5.74) is -0.987. The number of nitrogens with zero attached hydrogens (tertiary/aromatic N) is 1. The standard InChI is InChI=1S/C9H12N2O4/c1-2-15-4-3-7-10-5-6(9(13)14)8(12)11-7/h5H,2-4H2,1H3,(H,13,14)(H,10,11,12). The number of aromatic amines is 1. The summed E-state index contributed by atoms with van der Waals surface area (Å²) < 4.78 is 5.08. The summed E-state index contributed by atoms with van der Waals surface area (Å²) in [6, 6.07) is 0. The first-order valence-electron chi connectivity index (χ1n) is 4.54. The highest BCUT2D eigenvalue weighted by atomic mass is 16.5. The lowest BCUT2D eigenvalue weighted by Gasteiger charge is -2.01. The summed E-state index contributed by atoms with van der Waals surface area (Å²) in [5, 5.41) is 8.59. The van der Waals surface area contributed by atoms with Gasteiger partial charge in [-0.15, -0.1) is 0 Å². The SMILES string of the molecule is CCOCCc1ncc(C(=O)O)c(=O)[nH]1. The summed E-state index contributed by atoms with van der Waals surface area (Å²) in [6.45, 7) is 2.91. The Balaban J connectivity index is 2.74. The lowest BCUT2D eigenvalue weighted by molar-refractivity contribution is 0.0694. The molecule has 6 nitrogen and oxygen atoms in total. The molecule has 0 saturated heterocycles. The quantitative estimate of drug-likeness (QED) is 0.672. The van der Waals surface area contributed by atoms with E-state index < -0.39 is 11.5 Å². The molecule has 0 atom stereocenters. The largest absolute Gasteiger partial charge is 0.477 e. The monoisotopic (exact) mass is 212 g/mol. The molecule has 0 saturated carbocycles. The van der Waals surface area contributed by atoms with Crippen molar-refractivity contribution in [2.24, 2.45) is 0 Å². The van der Waals surface area contributed by atoms with Crippen molar-refractivity contribution in [1.29, 1.82) is 0 Å². The van der Waals surface area contributed by atoms with Gasteiger partial charge in [0.05, 0.1) is 6.61 Å². The molecule has 0 aliphatic heterocycles. The maximum Gasteiger partial charge on any atom is 0.342 e. The number of carboxylic acid groups (broad SMARTS) is 1. The highest BCUT2D eigenvalue weighted by Crippen LogP contribution is 1.92. The topological polar surface area (TPSA) is 92.3 Å². The molecule has 0 spiro atoms. The molecule has 1 heterocycles. The number of nitrogens with one attached hydrogen (secondary N) is 1. The van der Waals surface area contributed by atoms with Crippen molar-refractivity contribution in [2.75, 3.05) is 13.2 Å². The van der Waals surface area contributed by atoms with Gasteiger partial charge < -0.3 is 14.8 Å². The van der Waals surface area contributed by atoms with Crippen LogP contribution in [0.1, 0.15) is 23.1 Å². The molecule has 6 heteroatoms. The molecule has 1 rings (SSSR count). The third-order valence-electron chi connectivity index (χ3n) is 1.77. The Hall–Kier alpha value is -1.69. The van der Waals surface area contributed by atoms with Crippen LogP contribution in [-0.2, 0) is 11.2 Å². The summed E-state index contributed by atoms with van der Waals surface area (Å²) in [6.07, 6.45) is 1.52. The number of hydrogen-bond donors (Lipinski definition) is 2. The minimum Gasteiger partial charge on any atom is -0.477 e. The van der Waals surface area contributed by atoms with E-state index in [9.17, 15) is 9.59 Å². The molecule has 82 valence electrons. The van der Waals surface area contributed by atoms with Gasteiger partial charge >= 0.3 is 5.97 Å². The van der Waals surface area contributed by atoms with Crippen LogP contribution >= 0.6 is 0 Å². The first kappa shape index (κ1) is 11.4. The molecular weight excluding hydrogens is 200 g/mol. The van der Waals surface area contributed by atoms with Gasteiger partial charge in [0.25, 0.3) is 5.56 Å². The molecule has 1 aromatic heterocycles. The first-order chi connectivity index (χ1) is 7.15. The third-order valence-corrected chi connectivity index (χ3v) is 1.77. The Morgan fingerprint density at radius 1 is 1.67 bits per heavy atom.